The quantitative estimate of drug-likeness (QED) is 0.845. The molecule has 0 saturated heterocycles. The number of benzene rings is 1. The highest BCUT2D eigenvalue weighted by atomic mass is 16.5. The van der Waals surface area contributed by atoms with Crippen LogP contribution in [0, 0.1) is 0 Å². The fourth-order valence-corrected chi connectivity index (χ4v) is 2.04. The Labute approximate surface area is 108 Å². The van der Waals surface area contributed by atoms with Gasteiger partial charge < -0.3 is 9.84 Å². The van der Waals surface area contributed by atoms with Crippen LogP contribution in [0.1, 0.15) is 43.1 Å². The lowest BCUT2D eigenvalue weighted by molar-refractivity contribution is 0.403. The van der Waals surface area contributed by atoms with Gasteiger partial charge in [-0.05, 0) is 24.0 Å². The van der Waals surface area contributed by atoms with Gasteiger partial charge in [0, 0.05) is 18.7 Å². The van der Waals surface area contributed by atoms with Gasteiger partial charge in [0.15, 0.2) is 0 Å². The molecule has 3 nitrogen and oxygen atoms in total. The number of nitrogens with zero attached hydrogens (tertiary/aromatic N) is 1. The Morgan fingerprint density at radius 1 is 1.17 bits per heavy atom. The average molecular weight is 244 g/mol. The minimum absolute atomic E-state index is 0.368. The lowest BCUT2D eigenvalue weighted by Gasteiger charge is -2.17. The van der Waals surface area contributed by atoms with Crippen molar-refractivity contribution in [1.82, 2.24) is 10.5 Å². The van der Waals surface area contributed by atoms with Crippen LogP contribution in [-0.2, 0) is 13.0 Å². The van der Waals surface area contributed by atoms with E-state index >= 15 is 0 Å². The third-order valence-corrected chi connectivity index (χ3v) is 3.22. The maximum absolute atomic E-state index is 4.83. The molecule has 0 fully saturated rings. The van der Waals surface area contributed by atoms with Crippen LogP contribution in [0.15, 0.2) is 41.1 Å². The molecule has 18 heavy (non-hydrogen) atoms. The predicted molar refractivity (Wildman–Crippen MR) is 72.2 cm³/mol. The minimum atomic E-state index is 0.368. The van der Waals surface area contributed by atoms with Crippen LogP contribution in [0.3, 0.4) is 0 Å². The van der Waals surface area contributed by atoms with E-state index in [1.165, 1.54) is 11.1 Å². The molecule has 0 aliphatic carbocycles. The van der Waals surface area contributed by atoms with Crippen molar-refractivity contribution in [1.29, 1.82) is 0 Å². The Morgan fingerprint density at radius 2 is 1.94 bits per heavy atom. The van der Waals surface area contributed by atoms with E-state index in [1.54, 1.807) is 6.26 Å². The molecule has 3 heteroatoms. The summed E-state index contributed by atoms with van der Waals surface area (Å²) in [6.07, 6.45) is 3.75. The van der Waals surface area contributed by atoms with Crippen molar-refractivity contribution in [3.63, 3.8) is 0 Å². The minimum Gasteiger partial charge on any atom is -0.364 e. The van der Waals surface area contributed by atoms with Crippen molar-refractivity contribution in [2.45, 2.75) is 39.3 Å². The van der Waals surface area contributed by atoms with Crippen LogP contribution in [0.25, 0.3) is 0 Å². The van der Waals surface area contributed by atoms with Gasteiger partial charge in [-0.1, -0.05) is 43.3 Å². The number of nitrogens with one attached hydrogen (secondary N) is 1. The summed E-state index contributed by atoms with van der Waals surface area (Å²) in [5, 5.41) is 7.41. The zero-order chi connectivity index (χ0) is 12.8. The zero-order valence-electron chi connectivity index (χ0n) is 11.0. The molecule has 2 aromatic rings. The van der Waals surface area contributed by atoms with Crippen LogP contribution >= 0.6 is 0 Å². The van der Waals surface area contributed by atoms with E-state index in [-0.39, 0.29) is 0 Å². The second kappa shape index (κ2) is 6.36. The number of aryl methyl sites for hydroxylation is 1. The highest BCUT2D eigenvalue weighted by Crippen LogP contribution is 2.18. The Balaban J connectivity index is 1.98. The molecule has 1 unspecified atom stereocenters. The summed E-state index contributed by atoms with van der Waals surface area (Å²) in [5.41, 5.74) is 3.65. The first kappa shape index (κ1) is 12.8. The molecule has 0 aliphatic rings. The van der Waals surface area contributed by atoms with E-state index in [1.807, 2.05) is 6.07 Å². The van der Waals surface area contributed by atoms with Crippen molar-refractivity contribution in [3.05, 3.63) is 53.4 Å². The molecule has 0 radical (unpaired) electrons. The summed E-state index contributed by atoms with van der Waals surface area (Å²) >= 11 is 0. The van der Waals surface area contributed by atoms with Crippen molar-refractivity contribution in [2.75, 3.05) is 0 Å². The smallest absolute Gasteiger partial charge is 0.124 e. The first-order chi connectivity index (χ1) is 8.83. The Bertz CT molecular complexity index is 448. The summed E-state index contributed by atoms with van der Waals surface area (Å²) < 4.78 is 4.83. The maximum Gasteiger partial charge on any atom is 0.124 e. The van der Waals surface area contributed by atoms with Crippen LogP contribution in [0.4, 0.5) is 0 Å². The second-order valence-corrected chi connectivity index (χ2v) is 4.43. The van der Waals surface area contributed by atoms with E-state index in [4.69, 9.17) is 4.52 Å². The summed E-state index contributed by atoms with van der Waals surface area (Å²) in [7, 11) is 0. The van der Waals surface area contributed by atoms with E-state index in [0.717, 1.165) is 25.1 Å². The fourth-order valence-electron chi connectivity index (χ4n) is 2.04. The standard InChI is InChI=1S/C15H20N2O/c1-3-12-5-7-13(8-6-12)15(4-2)16-11-14-9-10-18-17-14/h5-10,15-16H,3-4,11H2,1-2H3. The molecule has 2 rings (SSSR count). The van der Waals surface area contributed by atoms with Gasteiger partial charge in [-0.2, -0.15) is 0 Å². The van der Waals surface area contributed by atoms with Crippen molar-refractivity contribution >= 4 is 0 Å². The average Bonchev–Trinajstić information content (AvgIpc) is 2.93. The summed E-state index contributed by atoms with van der Waals surface area (Å²) in [4.78, 5) is 0. The number of rotatable bonds is 6. The van der Waals surface area contributed by atoms with Crippen LogP contribution in [0.5, 0.6) is 0 Å². The highest BCUT2D eigenvalue weighted by Gasteiger charge is 2.09. The Morgan fingerprint density at radius 3 is 2.50 bits per heavy atom. The van der Waals surface area contributed by atoms with Gasteiger partial charge in [0.25, 0.3) is 0 Å². The molecule has 0 spiro atoms. The third kappa shape index (κ3) is 3.20. The fraction of sp³-hybridized carbons (Fsp3) is 0.400. The normalized spacial score (nSPS) is 12.6. The summed E-state index contributed by atoms with van der Waals surface area (Å²) in [5.74, 6) is 0. The van der Waals surface area contributed by atoms with Crippen LogP contribution in [0.2, 0.25) is 0 Å². The molecule has 0 bridgehead atoms. The van der Waals surface area contributed by atoms with Gasteiger partial charge in [0.1, 0.15) is 6.26 Å². The van der Waals surface area contributed by atoms with Gasteiger partial charge in [-0.15, -0.1) is 0 Å². The molecule has 0 amide bonds. The SMILES string of the molecule is CCc1ccc(C(CC)NCc2ccon2)cc1. The van der Waals surface area contributed by atoms with Gasteiger partial charge in [-0.25, -0.2) is 0 Å². The second-order valence-electron chi connectivity index (χ2n) is 4.43. The van der Waals surface area contributed by atoms with Gasteiger partial charge in [0.05, 0.1) is 5.69 Å². The first-order valence-corrected chi connectivity index (χ1v) is 6.55. The Hall–Kier alpha value is -1.61. The van der Waals surface area contributed by atoms with Crippen molar-refractivity contribution in [2.24, 2.45) is 0 Å². The van der Waals surface area contributed by atoms with E-state index in [2.05, 4.69) is 48.6 Å². The van der Waals surface area contributed by atoms with Gasteiger partial charge >= 0.3 is 0 Å². The largest absolute Gasteiger partial charge is 0.364 e. The van der Waals surface area contributed by atoms with E-state index in [9.17, 15) is 0 Å². The molecule has 0 aliphatic heterocycles. The van der Waals surface area contributed by atoms with Gasteiger partial charge in [-0.3, -0.25) is 0 Å². The van der Waals surface area contributed by atoms with Crippen LogP contribution < -0.4 is 5.32 Å². The predicted octanol–water partition coefficient (Wildman–Crippen LogP) is 3.48. The molecule has 1 aromatic heterocycles. The summed E-state index contributed by atoms with van der Waals surface area (Å²) in [6.45, 7) is 5.11. The Kier molecular flexibility index (Phi) is 4.53. The summed E-state index contributed by atoms with van der Waals surface area (Å²) in [6, 6.07) is 11.1. The number of hydrogen-bond donors (Lipinski definition) is 1. The maximum atomic E-state index is 4.83. The van der Waals surface area contributed by atoms with E-state index in [0.29, 0.717) is 6.04 Å². The molecule has 0 saturated carbocycles. The molecule has 1 aromatic carbocycles. The number of hydrogen-bond acceptors (Lipinski definition) is 3. The monoisotopic (exact) mass is 244 g/mol. The lowest BCUT2D eigenvalue weighted by Crippen LogP contribution is -2.20. The van der Waals surface area contributed by atoms with Gasteiger partial charge in [0.2, 0.25) is 0 Å². The first-order valence-electron chi connectivity index (χ1n) is 6.55. The van der Waals surface area contributed by atoms with E-state index < -0.39 is 0 Å². The molecule has 96 valence electrons. The molecular weight excluding hydrogens is 224 g/mol. The highest BCUT2D eigenvalue weighted by molar-refractivity contribution is 5.25. The molecule has 1 heterocycles. The molecular formula is C15H20N2O. The number of aromatic nitrogens is 1. The van der Waals surface area contributed by atoms with Crippen LogP contribution in [-0.4, -0.2) is 5.16 Å². The van der Waals surface area contributed by atoms with Crippen molar-refractivity contribution < 1.29 is 4.52 Å². The topological polar surface area (TPSA) is 38.1 Å². The van der Waals surface area contributed by atoms with Crippen molar-refractivity contribution in [3.8, 4) is 0 Å². The lowest BCUT2D eigenvalue weighted by atomic mass is 10.0. The third-order valence-electron chi connectivity index (χ3n) is 3.22. The zero-order valence-corrected chi connectivity index (χ0v) is 11.0. The molecule has 1 N–H and O–H groups in total. The molecule has 1 atom stereocenters.